The highest BCUT2D eigenvalue weighted by atomic mass is 19.1. The first kappa shape index (κ1) is 20.1. The average molecular weight is 336 g/mol. The molecule has 0 aliphatic carbocycles. The van der Waals surface area contributed by atoms with Crippen molar-refractivity contribution in [2.45, 2.75) is 65.5 Å². The van der Waals surface area contributed by atoms with Crippen LogP contribution in [0.25, 0.3) is 0 Å². The van der Waals surface area contributed by atoms with Gasteiger partial charge in [-0.05, 0) is 43.5 Å². The first-order chi connectivity index (χ1) is 11.3. The van der Waals surface area contributed by atoms with Crippen LogP contribution in [0.2, 0.25) is 0 Å². The summed E-state index contributed by atoms with van der Waals surface area (Å²) in [7, 11) is 0. The number of hydrogen-bond donors (Lipinski definition) is 2. The van der Waals surface area contributed by atoms with Gasteiger partial charge in [-0.3, -0.25) is 9.59 Å². The summed E-state index contributed by atoms with van der Waals surface area (Å²) in [4.78, 5) is 24.7. The first-order valence-electron chi connectivity index (χ1n) is 8.72. The van der Waals surface area contributed by atoms with E-state index in [1.165, 1.54) is 24.3 Å². The van der Waals surface area contributed by atoms with Crippen molar-refractivity contribution in [1.29, 1.82) is 0 Å². The molecule has 2 unspecified atom stereocenters. The fraction of sp³-hybridized carbons (Fsp3) is 0.579. The molecule has 0 saturated heterocycles. The van der Waals surface area contributed by atoms with Crippen LogP contribution in [-0.2, 0) is 4.79 Å². The number of benzene rings is 1. The van der Waals surface area contributed by atoms with E-state index in [0.29, 0.717) is 5.56 Å². The van der Waals surface area contributed by atoms with Crippen LogP contribution in [0, 0.1) is 11.7 Å². The monoisotopic (exact) mass is 336 g/mol. The summed E-state index contributed by atoms with van der Waals surface area (Å²) in [6.07, 6.45) is 4.29. The third-order valence-electron chi connectivity index (χ3n) is 3.97. The quantitative estimate of drug-likeness (QED) is 0.676. The normalized spacial score (nSPS) is 13.4. The molecule has 1 aromatic carbocycles. The molecule has 1 aromatic rings. The second kappa shape index (κ2) is 10.1. The molecule has 2 atom stereocenters. The molecular formula is C19H29FN2O2. The number of halogens is 1. The third-order valence-corrected chi connectivity index (χ3v) is 3.97. The Hall–Kier alpha value is -1.91. The highest BCUT2D eigenvalue weighted by molar-refractivity contribution is 5.97. The predicted molar refractivity (Wildman–Crippen MR) is 94.2 cm³/mol. The highest BCUT2D eigenvalue weighted by Crippen LogP contribution is 2.08. The standard InChI is InChI=1S/C19H29FN2O2/c1-5-6-7-8-14(4)21-19(24)17(13(2)3)22-18(23)15-9-11-16(20)12-10-15/h9-14,17H,5-8H2,1-4H3,(H,21,24)(H,22,23). The van der Waals surface area contributed by atoms with Gasteiger partial charge in [0.05, 0.1) is 0 Å². The SMILES string of the molecule is CCCCCC(C)NC(=O)C(NC(=O)c1ccc(F)cc1)C(C)C. The van der Waals surface area contributed by atoms with E-state index in [9.17, 15) is 14.0 Å². The van der Waals surface area contributed by atoms with Gasteiger partial charge in [0.1, 0.15) is 11.9 Å². The van der Waals surface area contributed by atoms with E-state index in [4.69, 9.17) is 0 Å². The Kier molecular flexibility index (Phi) is 8.44. The molecule has 0 aliphatic heterocycles. The van der Waals surface area contributed by atoms with E-state index in [1.54, 1.807) is 0 Å². The molecule has 134 valence electrons. The number of rotatable bonds is 9. The van der Waals surface area contributed by atoms with Crippen molar-refractivity contribution in [2.24, 2.45) is 5.92 Å². The van der Waals surface area contributed by atoms with E-state index in [-0.39, 0.29) is 23.8 Å². The molecule has 0 aromatic heterocycles. The smallest absolute Gasteiger partial charge is 0.251 e. The molecule has 24 heavy (non-hydrogen) atoms. The van der Waals surface area contributed by atoms with Gasteiger partial charge in [0.25, 0.3) is 5.91 Å². The Morgan fingerprint density at radius 1 is 1.04 bits per heavy atom. The Bertz CT molecular complexity index is 529. The molecular weight excluding hydrogens is 307 g/mol. The van der Waals surface area contributed by atoms with E-state index < -0.39 is 11.9 Å². The summed E-state index contributed by atoms with van der Waals surface area (Å²) in [5.74, 6) is -0.991. The summed E-state index contributed by atoms with van der Waals surface area (Å²) in [6, 6.07) is 4.74. The fourth-order valence-electron chi connectivity index (χ4n) is 2.47. The van der Waals surface area contributed by atoms with Crippen LogP contribution >= 0.6 is 0 Å². The minimum Gasteiger partial charge on any atom is -0.352 e. The second-order valence-electron chi connectivity index (χ2n) is 6.61. The van der Waals surface area contributed by atoms with E-state index in [1.807, 2.05) is 20.8 Å². The fourth-order valence-corrected chi connectivity index (χ4v) is 2.47. The summed E-state index contributed by atoms with van der Waals surface area (Å²) in [6.45, 7) is 7.89. The number of amides is 2. The molecule has 0 fully saturated rings. The zero-order valence-electron chi connectivity index (χ0n) is 15.1. The van der Waals surface area contributed by atoms with E-state index in [2.05, 4.69) is 17.6 Å². The van der Waals surface area contributed by atoms with Crippen molar-refractivity contribution < 1.29 is 14.0 Å². The lowest BCUT2D eigenvalue weighted by Crippen LogP contribution is -2.51. The van der Waals surface area contributed by atoms with Crippen molar-refractivity contribution in [3.05, 3.63) is 35.6 Å². The summed E-state index contributed by atoms with van der Waals surface area (Å²) in [5.41, 5.74) is 0.339. The molecule has 0 radical (unpaired) electrons. The lowest BCUT2D eigenvalue weighted by atomic mass is 10.0. The van der Waals surface area contributed by atoms with Crippen LogP contribution in [0.1, 0.15) is 63.7 Å². The number of hydrogen-bond acceptors (Lipinski definition) is 2. The number of nitrogens with one attached hydrogen (secondary N) is 2. The van der Waals surface area contributed by atoms with Gasteiger partial charge in [0.15, 0.2) is 0 Å². The average Bonchev–Trinajstić information content (AvgIpc) is 2.52. The Balaban J connectivity index is 2.63. The Morgan fingerprint density at radius 2 is 1.67 bits per heavy atom. The van der Waals surface area contributed by atoms with Crippen molar-refractivity contribution in [2.75, 3.05) is 0 Å². The van der Waals surface area contributed by atoms with Gasteiger partial charge in [-0.15, -0.1) is 0 Å². The van der Waals surface area contributed by atoms with Gasteiger partial charge in [-0.1, -0.05) is 40.0 Å². The van der Waals surface area contributed by atoms with Crippen LogP contribution in [0.3, 0.4) is 0 Å². The number of unbranched alkanes of at least 4 members (excludes halogenated alkanes) is 2. The molecule has 0 spiro atoms. The van der Waals surface area contributed by atoms with Gasteiger partial charge >= 0.3 is 0 Å². The molecule has 0 aliphatic rings. The maximum atomic E-state index is 12.9. The van der Waals surface area contributed by atoms with Crippen molar-refractivity contribution in [1.82, 2.24) is 10.6 Å². The minimum atomic E-state index is -0.615. The van der Waals surface area contributed by atoms with Gasteiger partial charge in [-0.25, -0.2) is 4.39 Å². The second-order valence-corrected chi connectivity index (χ2v) is 6.61. The predicted octanol–water partition coefficient (Wildman–Crippen LogP) is 3.67. The Labute approximate surface area is 144 Å². The first-order valence-corrected chi connectivity index (χ1v) is 8.72. The lowest BCUT2D eigenvalue weighted by molar-refractivity contribution is -0.124. The topological polar surface area (TPSA) is 58.2 Å². The largest absolute Gasteiger partial charge is 0.352 e. The summed E-state index contributed by atoms with van der Waals surface area (Å²) >= 11 is 0. The van der Waals surface area contributed by atoms with E-state index in [0.717, 1.165) is 25.7 Å². The maximum Gasteiger partial charge on any atom is 0.251 e. The van der Waals surface area contributed by atoms with Crippen molar-refractivity contribution in [3.63, 3.8) is 0 Å². The molecule has 4 nitrogen and oxygen atoms in total. The van der Waals surface area contributed by atoms with Gasteiger partial charge < -0.3 is 10.6 Å². The number of carbonyl (C=O) groups excluding carboxylic acids is 2. The van der Waals surface area contributed by atoms with Crippen LogP contribution in [0.5, 0.6) is 0 Å². The van der Waals surface area contributed by atoms with Crippen LogP contribution in [-0.4, -0.2) is 23.9 Å². The van der Waals surface area contributed by atoms with Crippen LogP contribution < -0.4 is 10.6 Å². The number of carbonyl (C=O) groups is 2. The molecule has 5 heteroatoms. The maximum absolute atomic E-state index is 12.9. The van der Waals surface area contributed by atoms with Gasteiger partial charge in [0.2, 0.25) is 5.91 Å². The van der Waals surface area contributed by atoms with Crippen LogP contribution in [0.15, 0.2) is 24.3 Å². The molecule has 0 heterocycles. The van der Waals surface area contributed by atoms with Crippen LogP contribution in [0.4, 0.5) is 4.39 Å². The zero-order valence-corrected chi connectivity index (χ0v) is 15.1. The molecule has 2 N–H and O–H groups in total. The van der Waals surface area contributed by atoms with Crippen molar-refractivity contribution in [3.8, 4) is 0 Å². The molecule has 0 saturated carbocycles. The van der Waals surface area contributed by atoms with Crippen molar-refractivity contribution >= 4 is 11.8 Å². The summed E-state index contributed by atoms with van der Waals surface area (Å²) in [5, 5.41) is 5.72. The van der Waals surface area contributed by atoms with Gasteiger partial charge in [0, 0.05) is 11.6 Å². The third kappa shape index (κ3) is 6.69. The zero-order chi connectivity index (χ0) is 18.1. The Morgan fingerprint density at radius 3 is 2.21 bits per heavy atom. The molecule has 2 amide bonds. The highest BCUT2D eigenvalue weighted by Gasteiger charge is 2.25. The summed E-state index contributed by atoms with van der Waals surface area (Å²) < 4.78 is 12.9. The molecule has 0 bridgehead atoms. The molecule has 1 rings (SSSR count). The van der Waals surface area contributed by atoms with Gasteiger partial charge in [-0.2, -0.15) is 0 Å². The minimum absolute atomic E-state index is 0.0442. The lowest BCUT2D eigenvalue weighted by Gasteiger charge is -2.24. The van der Waals surface area contributed by atoms with E-state index >= 15 is 0 Å².